The lowest BCUT2D eigenvalue weighted by Crippen LogP contribution is -2.21. The first-order valence-electron chi connectivity index (χ1n) is 7.36. The standard InChI is InChI=1S/C18H23NO2S/c1-17(2,3)15-13(16(22-19-15)18(4,5)6)14(21)11-7-9-12(20)10-8-11/h7-10,20H,1-6H3. The van der Waals surface area contributed by atoms with Gasteiger partial charge in [-0.1, -0.05) is 41.5 Å². The van der Waals surface area contributed by atoms with Gasteiger partial charge in [0.05, 0.1) is 11.3 Å². The van der Waals surface area contributed by atoms with Crippen molar-refractivity contribution in [1.82, 2.24) is 4.37 Å². The normalized spacial score (nSPS) is 12.5. The topological polar surface area (TPSA) is 50.2 Å². The number of aromatic hydroxyl groups is 1. The Bertz CT molecular complexity index is 654. The summed E-state index contributed by atoms with van der Waals surface area (Å²) in [5.41, 5.74) is 1.82. The van der Waals surface area contributed by atoms with Gasteiger partial charge in [0.15, 0.2) is 5.78 Å². The molecule has 0 fully saturated rings. The van der Waals surface area contributed by atoms with Gasteiger partial charge in [-0.2, -0.15) is 4.37 Å². The van der Waals surface area contributed by atoms with Crippen molar-refractivity contribution in [3.8, 4) is 5.75 Å². The van der Waals surface area contributed by atoms with Crippen LogP contribution in [0.15, 0.2) is 24.3 Å². The van der Waals surface area contributed by atoms with Crippen molar-refractivity contribution in [3.05, 3.63) is 46.0 Å². The van der Waals surface area contributed by atoms with Gasteiger partial charge in [0.2, 0.25) is 0 Å². The van der Waals surface area contributed by atoms with Crippen molar-refractivity contribution < 1.29 is 9.90 Å². The molecule has 0 bridgehead atoms. The minimum Gasteiger partial charge on any atom is -0.508 e. The van der Waals surface area contributed by atoms with Crippen LogP contribution in [-0.4, -0.2) is 15.3 Å². The van der Waals surface area contributed by atoms with Crippen LogP contribution in [0.2, 0.25) is 0 Å². The van der Waals surface area contributed by atoms with E-state index in [0.717, 1.165) is 16.1 Å². The number of rotatable bonds is 2. The fourth-order valence-corrected chi connectivity index (χ4v) is 3.38. The van der Waals surface area contributed by atoms with E-state index in [1.165, 1.54) is 11.5 Å². The summed E-state index contributed by atoms with van der Waals surface area (Å²) in [6, 6.07) is 6.41. The molecule has 22 heavy (non-hydrogen) atoms. The molecule has 1 N–H and O–H groups in total. The second-order valence-electron chi connectivity index (χ2n) is 7.61. The van der Waals surface area contributed by atoms with Gasteiger partial charge >= 0.3 is 0 Å². The third-order valence-electron chi connectivity index (χ3n) is 3.44. The lowest BCUT2D eigenvalue weighted by Gasteiger charge is -2.21. The molecular formula is C18H23NO2S. The second-order valence-corrected chi connectivity index (χ2v) is 8.38. The molecule has 0 unspecified atom stereocenters. The van der Waals surface area contributed by atoms with Gasteiger partial charge in [0.25, 0.3) is 0 Å². The summed E-state index contributed by atoms with van der Waals surface area (Å²) >= 11 is 1.42. The average molecular weight is 317 g/mol. The lowest BCUT2D eigenvalue weighted by atomic mass is 9.82. The van der Waals surface area contributed by atoms with Gasteiger partial charge in [-0.15, -0.1) is 0 Å². The van der Waals surface area contributed by atoms with Crippen LogP contribution in [0, 0.1) is 0 Å². The number of benzene rings is 1. The molecule has 118 valence electrons. The minimum absolute atomic E-state index is 0.0244. The van der Waals surface area contributed by atoms with Gasteiger partial charge in [-0.25, -0.2) is 0 Å². The Hall–Kier alpha value is -1.68. The third kappa shape index (κ3) is 3.22. The Labute approximate surface area is 136 Å². The van der Waals surface area contributed by atoms with Crippen molar-refractivity contribution in [2.75, 3.05) is 0 Å². The van der Waals surface area contributed by atoms with E-state index in [1.807, 2.05) is 0 Å². The predicted octanol–water partition coefficient (Wildman–Crippen LogP) is 4.67. The zero-order valence-electron chi connectivity index (χ0n) is 14.0. The molecule has 1 heterocycles. The SMILES string of the molecule is CC(C)(C)c1nsc(C(C)(C)C)c1C(=O)c1ccc(O)cc1. The Morgan fingerprint density at radius 1 is 1.00 bits per heavy atom. The highest BCUT2D eigenvalue weighted by molar-refractivity contribution is 7.06. The smallest absolute Gasteiger partial charge is 0.196 e. The van der Waals surface area contributed by atoms with E-state index in [4.69, 9.17) is 0 Å². The van der Waals surface area contributed by atoms with Gasteiger partial charge in [-0.05, 0) is 41.2 Å². The molecule has 0 radical (unpaired) electrons. The second kappa shape index (κ2) is 5.51. The number of carbonyl (C=O) groups is 1. The fourth-order valence-electron chi connectivity index (χ4n) is 2.28. The zero-order chi connectivity index (χ0) is 16.7. The van der Waals surface area contributed by atoms with Crippen LogP contribution in [0.1, 0.15) is 68.0 Å². The number of ketones is 1. The van der Waals surface area contributed by atoms with Crippen LogP contribution in [0.5, 0.6) is 5.75 Å². The van der Waals surface area contributed by atoms with E-state index >= 15 is 0 Å². The summed E-state index contributed by atoms with van der Waals surface area (Å²) in [6.07, 6.45) is 0. The van der Waals surface area contributed by atoms with Crippen molar-refractivity contribution >= 4 is 17.3 Å². The molecule has 2 rings (SSSR count). The van der Waals surface area contributed by atoms with Gasteiger partial charge in [0, 0.05) is 15.9 Å². The molecule has 0 aliphatic carbocycles. The van der Waals surface area contributed by atoms with Crippen molar-refractivity contribution in [2.45, 2.75) is 52.4 Å². The molecule has 0 saturated carbocycles. The first kappa shape index (κ1) is 16.7. The number of hydrogen-bond acceptors (Lipinski definition) is 4. The molecule has 0 spiro atoms. The highest BCUT2D eigenvalue weighted by Crippen LogP contribution is 2.37. The lowest BCUT2D eigenvalue weighted by molar-refractivity contribution is 0.103. The summed E-state index contributed by atoms with van der Waals surface area (Å²) in [7, 11) is 0. The van der Waals surface area contributed by atoms with Crippen LogP contribution >= 0.6 is 11.5 Å². The molecule has 0 aliphatic heterocycles. The molecule has 0 aliphatic rings. The van der Waals surface area contributed by atoms with Gasteiger partial charge in [-0.3, -0.25) is 4.79 Å². The molecule has 3 nitrogen and oxygen atoms in total. The van der Waals surface area contributed by atoms with E-state index < -0.39 is 0 Å². The largest absolute Gasteiger partial charge is 0.508 e. The molecule has 0 saturated heterocycles. The van der Waals surface area contributed by atoms with E-state index in [2.05, 4.69) is 45.9 Å². The minimum atomic E-state index is -0.193. The molecule has 0 atom stereocenters. The maximum Gasteiger partial charge on any atom is 0.196 e. The Balaban J connectivity index is 2.63. The highest BCUT2D eigenvalue weighted by atomic mass is 32.1. The number of hydrogen-bond donors (Lipinski definition) is 1. The number of aromatic nitrogens is 1. The molecule has 0 amide bonds. The van der Waals surface area contributed by atoms with Crippen molar-refractivity contribution in [1.29, 1.82) is 0 Å². The molecule has 2 aromatic rings. The predicted molar refractivity (Wildman–Crippen MR) is 91.1 cm³/mol. The van der Waals surface area contributed by atoms with Crippen molar-refractivity contribution in [3.63, 3.8) is 0 Å². The van der Waals surface area contributed by atoms with Gasteiger partial charge in [0.1, 0.15) is 5.75 Å². The fraction of sp³-hybridized carbons (Fsp3) is 0.444. The quantitative estimate of drug-likeness (QED) is 0.819. The Morgan fingerprint density at radius 2 is 1.55 bits per heavy atom. The summed E-state index contributed by atoms with van der Waals surface area (Å²) in [5, 5.41) is 9.42. The summed E-state index contributed by atoms with van der Waals surface area (Å²) in [5.74, 6) is 0.135. The summed E-state index contributed by atoms with van der Waals surface area (Å²) in [6.45, 7) is 12.5. The first-order chi connectivity index (χ1) is 10.0. The Morgan fingerprint density at radius 3 is 2.00 bits per heavy atom. The first-order valence-corrected chi connectivity index (χ1v) is 8.13. The monoisotopic (exact) mass is 317 g/mol. The van der Waals surface area contributed by atoms with Crippen LogP contribution < -0.4 is 0 Å². The van der Waals surface area contributed by atoms with E-state index in [9.17, 15) is 9.90 Å². The molecule has 1 aromatic heterocycles. The average Bonchev–Trinajstić information content (AvgIpc) is 2.83. The van der Waals surface area contributed by atoms with E-state index in [-0.39, 0.29) is 22.4 Å². The van der Waals surface area contributed by atoms with E-state index in [0.29, 0.717) is 5.56 Å². The molecule has 1 aromatic carbocycles. The number of phenols is 1. The van der Waals surface area contributed by atoms with Crippen LogP contribution in [-0.2, 0) is 10.8 Å². The number of nitrogens with zero attached hydrogens (tertiary/aromatic N) is 1. The number of phenolic OH excluding ortho intramolecular Hbond substituents is 1. The maximum absolute atomic E-state index is 13.0. The molecule has 4 heteroatoms. The van der Waals surface area contributed by atoms with Crippen LogP contribution in [0.4, 0.5) is 0 Å². The van der Waals surface area contributed by atoms with Crippen LogP contribution in [0.3, 0.4) is 0 Å². The maximum atomic E-state index is 13.0. The zero-order valence-corrected chi connectivity index (χ0v) is 14.8. The summed E-state index contributed by atoms with van der Waals surface area (Å²) < 4.78 is 4.59. The Kier molecular flexibility index (Phi) is 4.18. The third-order valence-corrected chi connectivity index (χ3v) is 4.71. The van der Waals surface area contributed by atoms with E-state index in [1.54, 1.807) is 24.3 Å². The molecular weight excluding hydrogens is 294 g/mol. The highest BCUT2D eigenvalue weighted by Gasteiger charge is 2.33. The van der Waals surface area contributed by atoms with Crippen LogP contribution in [0.25, 0.3) is 0 Å². The van der Waals surface area contributed by atoms with Gasteiger partial charge < -0.3 is 5.11 Å². The number of carbonyl (C=O) groups excluding carboxylic acids is 1. The summed E-state index contributed by atoms with van der Waals surface area (Å²) in [4.78, 5) is 14.0. The van der Waals surface area contributed by atoms with Crippen molar-refractivity contribution in [2.24, 2.45) is 0 Å².